The molecule has 1 N–H and O–H groups in total. The van der Waals surface area contributed by atoms with E-state index in [1.807, 2.05) is 6.92 Å². The number of imide groups is 1. The Morgan fingerprint density at radius 1 is 1.23 bits per heavy atom. The summed E-state index contributed by atoms with van der Waals surface area (Å²) in [7, 11) is 1.58. The van der Waals surface area contributed by atoms with Crippen LogP contribution in [0.5, 0.6) is 11.5 Å². The van der Waals surface area contributed by atoms with Gasteiger partial charge in [-0.2, -0.15) is 5.10 Å². The first-order valence-corrected chi connectivity index (χ1v) is 9.11. The quantitative estimate of drug-likeness (QED) is 0.625. The van der Waals surface area contributed by atoms with E-state index in [1.165, 1.54) is 6.21 Å². The van der Waals surface area contributed by atoms with E-state index in [4.69, 9.17) is 9.47 Å². The van der Waals surface area contributed by atoms with Crippen molar-refractivity contribution in [3.05, 3.63) is 23.8 Å². The molecule has 3 rings (SSSR count). The first-order valence-electron chi connectivity index (χ1n) is 9.11. The number of methoxy groups -OCH3 is 1. The summed E-state index contributed by atoms with van der Waals surface area (Å²) in [5.74, 6) is 0.986. The molecule has 1 spiro atoms. The summed E-state index contributed by atoms with van der Waals surface area (Å²) in [6.45, 7) is 2.60. The number of nitrogens with one attached hydrogen (secondary N) is 1. The monoisotopic (exact) mass is 359 g/mol. The number of hydrogen-bond donors (Lipinski definition) is 1. The first kappa shape index (κ1) is 18.2. The van der Waals surface area contributed by atoms with Gasteiger partial charge in [0.25, 0.3) is 5.91 Å². The molecule has 1 heterocycles. The molecule has 1 aliphatic carbocycles. The molecule has 1 saturated carbocycles. The fraction of sp³-hybridized carbons (Fsp3) is 0.526. The second-order valence-corrected chi connectivity index (χ2v) is 6.69. The van der Waals surface area contributed by atoms with Crippen LogP contribution in [0.3, 0.4) is 0 Å². The highest BCUT2D eigenvalue weighted by Crippen LogP contribution is 2.34. The SMILES string of the molecule is CCCOc1cc(/C=N\N2C(=O)NC3(CCCCC3)C2=O)ccc1OC. The van der Waals surface area contributed by atoms with Crippen molar-refractivity contribution >= 4 is 18.2 Å². The third kappa shape index (κ3) is 3.52. The van der Waals surface area contributed by atoms with Gasteiger partial charge in [-0.1, -0.05) is 26.2 Å². The summed E-state index contributed by atoms with van der Waals surface area (Å²) in [6, 6.07) is 4.91. The molecule has 1 saturated heterocycles. The van der Waals surface area contributed by atoms with E-state index in [0.717, 1.165) is 36.3 Å². The smallest absolute Gasteiger partial charge is 0.346 e. The average molecular weight is 359 g/mol. The highest BCUT2D eigenvalue weighted by atomic mass is 16.5. The van der Waals surface area contributed by atoms with Gasteiger partial charge in [0.1, 0.15) is 5.54 Å². The van der Waals surface area contributed by atoms with Crippen LogP contribution in [0.2, 0.25) is 0 Å². The maximum atomic E-state index is 12.7. The predicted octanol–water partition coefficient (Wildman–Crippen LogP) is 3.07. The van der Waals surface area contributed by atoms with Crippen LogP contribution in [0.4, 0.5) is 4.79 Å². The van der Waals surface area contributed by atoms with Crippen LogP contribution in [0.15, 0.2) is 23.3 Å². The first-order chi connectivity index (χ1) is 12.6. The Hall–Kier alpha value is -2.57. The molecule has 26 heavy (non-hydrogen) atoms. The molecule has 0 atom stereocenters. The molecule has 0 bridgehead atoms. The van der Waals surface area contributed by atoms with Gasteiger partial charge >= 0.3 is 6.03 Å². The van der Waals surface area contributed by atoms with Crippen LogP contribution in [-0.2, 0) is 4.79 Å². The maximum absolute atomic E-state index is 12.7. The molecule has 0 unspecified atom stereocenters. The Kier molecular flexibility index (Phi) is 5.44. The van der Waals surface area contributed by atoms with Crippen LogP contribution in [0, 0.1) is 0 Å². The zero-order valence-corrected chi connectivity index (χ0v) is 15.3. The lowest BCUT2D eigenvalue weighted by molar-refractivity contribution is -0.132. The van der Waals surface area contributed by atoms with Gasteiger partial charge < -0.3 is 14.8 Å². The van der Waals surface area contributed by atoms with Crippen LogP contribution in [-0.4, -0.2) is 42.4 Å². The van der Waals surface area contributed by atoms with Crippen LogP contribution in [0.1, 0.15) is 51.0 Å². The van der Waals surface area contributed by atoms with Crippen molar-refractivity contribution in [3.8, 4) is 11.5 Å². The molecule has 1 aromatic carbocycles. The Bertz CT molecular complexity index is 711. The van der Waals surface area contributed by atoms with Gasteiger partial charge in [-0.25, -0.2) is 4.79 Å². The summed E-state index contributed by atoms with van der Waals surface area (Å²) in [4.78, 5) is 24.9. The van der Waals surface area contributed by atoms with E-state index in [0.29, 0.717) is 30.9 Å². The third-order valence-electron chi connectivity index (χ3n) is 4.82. The molecule has 0 radical (unpaired) electrons. The minimum atomic E-state index is -0.762. The molecule has 7 nitrogen and oxygen atoms in total. The fourth-order valence-electron chi connectivity index (χ4n) is 3.43. The minimum Gasteiger partial charge on any atom is -0.493 e. The number of carbonyl (C=O) groups is 2. The minimum absolute atomic E-state index is 0.255. The molecular weight excluding hydrogens is 334 g/mol. The number of benzene rings is 1. The van der Waals surface area contributed by atoms with Crippen molar-refractivity contribution < 1.29 is 19.1 Å². The highest BCUT2D eigenvalue weighted by molar-refractivity contribution is 6.07. The second-order valence-electron chi connectivity index (χ2n) is 6.69. The van der Waals surface area contributed by atoms with Gasteiger partial charge in [-0.15, -0.1) is 5.01 Å². The van der Waals surface area contributed by atoms with E-state index in [9.17, 15) is 9.59 Å². The molecule has 7 heteroatoms. The third-order valence-corrected chi connectivity index (χ3v) is 4.82. The molecule has 1 aromatic rings. The lowest BCUT2D eigenvalue weighted by atomic mass is 9.82. The number of carbonyl (C=O) groups excluding carboxylic acids is 2. The standard InChI is InChI=1S/C19H25N3O4/c1-3-11-26-16-12-14(7-8-15(16)25-2)13-20-22-17(23)19(21-18(22)24)9-5-4-6-10-19/h7-8,12-13H,3-6,9-11H2,1-2H3,(H,21,24)/b20-13-. The Morgan fingerprint density at radius 2 is 2.00 bits per heavy atom. The van der Waals surface area contributed by atoms with Gasteiger partial charge in [0, 0.05) is 0 Å². The number of rotatable bonds is 6. The summed E-state index contributed by atoms with van der Waals surface area (Å²) in [5, 5.41) is 7.92. The lowest BCUT2D eigenvalue weighted by Gasteiger charge is -2.29. The Morgan fingerprint density at radius 3 is 2.69 bits per heavy atom. The van der Waals surface area contributed by atoms with E-state index in [2.05, 4.69) is 10.4 Å². The highest BCUT2D eigenvalue weighted by Gasteiger charge is 2.51. The summed E-state index contributed by atoms with van der Waals surface area (Å²) < 4.78 is 11.0. The lowest BCUT2D eigenvalue weighted by Crippen LogP contribution is -2.48. The van der Waals surface area contributed by atoms with Gasteiger partial charge in [-0.3, -0.25) is 4.79 Å². The Balaban J connectivity index is 1.77. The average Bonchev–Trinajstić information content (AvgIpc) is 2.88. The number of hydrazone groups is 1. The zero-order chi connectivity index (χ0) is 18.6. The summed E-state index contributed by atoms with van der Waals surface area (Å²) in [5.41, 5.74) is -0.0378. The molecule has 3 amide bonds. The van der Waals surface area contributed by atoms with Crippen molar-refractivity contribution in [2.75, 3.05) is 13.7 Å². The van der Waals surface area contributed by atoms with E-state index in [1.54, 1.807) is 25.3 Å². The summed E-state index contributed by atoms with van der Waals surface area (Å²) in [6.07, 6.45) is 6.73. The second kappa shape index (κ2) is 7.76. The van der Waals surface area contributed by atoms with Crippen LogP contribution >= 0.6 is 0 Å². The van der Waals surface area contributed by atoms with Crippen molar-refractivity contribution in [3.63, 3.8) is 0 Å². The van der Waals surface area contributed by atoms with Crippen molar-refractivity contribution in [2.45, 2.75) is 51.0 Å². The Labute approximate surface area is 153 Å². The normalized spacial score (nSPS) is 19.2. The molecular formula is C19H25N3O4. The van der Waals surface area contributed by atoms with Crippen molar-refractivity contribution in [1.29, 1.82) is 0 Å². The van der Waals surface area contributed by atoms with Crippen molar-refractivity contribution in [1.82, 2.24) is 10.3 Å². The van der Waals surface area contributed by atoms with E-state index in [-0.39, 0.29) is 5.91 Å². The predicted molar refractivity (Wildman–Crippen MR) is 97.6 cm³/mol. The van der Waals surface area contributed by atoms with Gasteiger partial charge in [0.15, 0.2) is 11.5 Å². The zero-order valence-electron chi connectivity index (χ0n) is 15.3. The van der Waals surface area contributed by atoms with E-state index >= 15 is 0 Å². The maximum Gasteiger partial charge on any atom is 0.346 e. The van der Waals surface area contributed by atoms with Crippen LogP contribution < -0.4 is 14.8 Å². The number of hydrogen-bond acceptors (Lipinski definition) is 5. The van der Waals surface area contributed by atoms with E-state index < -0.39 is 11.6 Å². The molecule has 140 valence electrons. The number of urea groups is 1. The molecule has 2 fully saturated rings. The number of amides is 3. The molecule has 1 aliphatic heterocycles. The number of ether oxygens (including phenoxy) is 2. The topological polar surface area (TPSA) is 80.2 Å². The van der Waals surface area contributed by atoms with Crippen molar-refractivity contribution in [2.24, 2.45) is 5.10 Å². The molecule has 0 aromatic heterocycles. The summed E-state index contributed by atoms with van der Waals surface area (Å²) >= 11 is 0. The van der Waals surface area contributed by atoms with Gasteiger partial charge in [-0.05, 0) is 43.0 Å². The van der Waals surface area contributed by atoms with Gasteiger partial charge in [0.05, 0.1) is 19.9 Å². The molecule has 2 aliphatic rings. The van der Waals surface area contributed by atoms with Crippen LogP contribution in [0.25, 0.3) is 0 Å². The largest absolute Gasteiger partial charge is 0.493 e. The van der Waals surface area contributed by atoms with Gasteiger partial charge in [0.2, 0.25) is 0 Å². The number of nitrogens with zero attached hydrogens (tertiary/aromatic N) is 2. The fourth-order valence-corrected chi connectivity index (χ4v) is 3.43.